The van der Waals surface area contributed by atoms with Gasteiger partial charge in [0.1, 0.15) is 34.0 Å². The van der Waals surface area contributed by atoms with Crippen molar-refractivity contribution in [3.05, 3.63) is 83.1 Å². The summed E-state index contributed by atoms with van der Waals surface area (Å²) in [5, 5.41) is 12.7. The molecule has 0 spiro atoms. The lowest BCUT2D eigenvalue weighted by Gasteiger charge is -2.06. The van der Waals surface area contributed by atoms with Crippen molar-refractivity contribution in [1.82, 2.24) is 4.98 Å². The minimum absolute atomic E-state index is 0.0756. The number of hydrogen-bond donors (Lipinski definition) is 1. The number of aromatic nitrogens is 1. The van der Waals surface area contributed by atoms with Gasteiger partial charge in [0.05, 0.1) is 19.8 Å². The molecule has 2 heterocycles. The van der Waals surface area contributed by atoms with Gasteiger partial charge in [0, 0.05) is 17.3 Å². The summed E-state index contributed by atoms with van der Waals surface area (Å²) in [4.78, 5) is 28.6. The highest BCUT2D eigenvalue weighted by Gasteiger charge is 2.25. The molecular formula is C27H20ClN3O6. The van der Waals surface area contributed by atoms with Gasteiger partial charge in [-0.1, -0.05) is 23.7 Å². The van der Waals surface area contributed by atoms with Crippen LogP contribution in [0.2, 0.25) is 5.15 Å². The van der Waals surface area contributed by atoms with Crippen LogP contribution in [0.25, 0.3) is 22.5 Å². The predicted octanol–water partition coefficient (Wildman–Crippen LogP) is 5.35. The molecule has 0 unspecified atom stereocenters. The molecule has 9 nitrogen and oxygen atoms in total. The third-order valence-corrected chi connectivity index (χ3v) is 5.52. The van der Waals surface area contributed by atoms with E-state index in [1.165, 1.54) is 18.3 Å². The van der Waals surface area contributed by atoms with Crippen LogP contribution in [0, 0.1) is 11.3 Å². The molecule has 0 bridgehead atoms. The SMILES string of the molecule is COc1ccc(-c2oc(NC(=O)COC(=O)c3ccc(Cl)nc3)c(C#N)c2-c2ccc(OC)cc2)cc1. The van der Waals surface area contributed by atoms with Crippen molar-refractivity contribution in [1.29, 1.82) is 5.26 Å². The normalized spacial score (nSPS) is 10.3. The topological polar surface area (TPSA) is 124 Å². The number of nitriles is 1. The molecule has 0 atom stereocenters. The van der Waals surface area contributed by atoms with Crippen molar-refractivity contribution < 1.29 is 28.2 Å². The fourth-order valence-electron chi connectivity index (χ4n) is 3.48. The first-order chi connectivity index (χ1) is 17.9. The molecule has 10 heteroatoms. The molecule has 0 saturated carbocycles. The minimum atomic E-state index is -0.753. The number of furan rings is 1. The van der Waals surface area contributed by atoms with Gasteiger partial charge in [-0.05, 0) is 54.1 Å². The number of esters is 1. The summed E-state index contributed by atoms with van der Waals surface area (Å²) in [5.74, 6) is 0.133. The second-order valence-corrected chi connectivity index (χ2v) is 7.96. The van der Waals surface area contributed by atoms with Gasteiger partial charge in [0.2, 0.25) is 5.88 Å². The van der Waals surface area contributed by atoms with E-state index >= 15 is 0 Å². The molecule has 2 aromatic heterocycles. The summed E-state index contributed by atoms with van der Waals surface area (Å²) in [6.07, 6.45) is 1.24. The number of benzene rings is 2. The van der Waals surface area contributed by atoms with Gasteiger partial charge in [0.25, 0.3) is 5.91 Å². The number of pyridine rings is 1. The summed E-state index contributed by atoms with van der Waals surface area (Å²) in [7, 11) is 3.11. The van der Waals surface area contributed by atoms with E-state index in [1.54, 1.807) is 62.8 Å². The van der Waals surface area contributed by atoms with Gasteiger partial charge in [-0.2, -0.15) is 5.26 Å². The van der Waals surface area contributed by atoms with Gasteiger partial charge in [-0.15, -0.1) is 0 Å². The molecule has 4 aromatic rings. The number of hydrogen-bond acceptors (Lipinski definition) is 8. The largest absolute Gasteiger partial charge is 0.497 e. The quantitative estimate of drug-likeness (QED) is 0.245. The third kappa shape index (κ3) is 5.72. The summed E-state index contributed by atoms with van der Waals surface area (Å²) < 4.78 is 21.5. The Kier molecular flexibility index (Phi) is 7.71. The van der Waals surface area contributed by atoms with Crippen LogP contribution >= 0.6 is 11.6 Å². The van der Waals surface area contributed by atoms with Crippen LogP contribution in [0.15, 0.2) is 71.3 Å². The Labute approximate surface area is 217 Å². The van der Waals surface area contributed by atoms with Gasteiger partial charge >= 0.3 is 5.97 Å². The van der Waals surface area contributed by atoms with E-state index in [9.17, 15) is 14.9 Å². The highest BCUT2D eigenvalue weighted by Crippen LogP contribution is 2.42. The van der Waals surface area contributed by atoms with E-state index in [2.05, 4.69) is 16.4 Å². The van der Waals surface area contributed by atoms with Crippen molar-refractivity contribution in [2.24, 2.45) is 0 Å². The first-order valence-electron chi connectivity index (χ1n) is 10.9. The van der Waals surface area contributed by atoms with E-state index in [0.717, 1.165) is 0 Å². The van der Waals surface area contributed by atoms with Crippen LogP contribution in [-0.2, 0) is 9.53 Å². The average molecular weight is 518 g/mol. The molecule has 0 aliphatic rings. The second kappa shape index (κ2) is 11.3. The first-order valence-corrected chi connectivity index (χ1v) is 11.3. The average Bonchev–Trinajstić information content (AvgIpc) is 3.30. The Morgan fingerprint density at radius 2 is 1.59 bits per heavy atom. The van der Waals surface area contributed by atoms with Crippen LogP contribution in [0.4, 0.5) is 5.88 Å². The molecule has 0 radical (unpaired) electrons. The minimum Gasteiger partial charge on any atom is -0.497 e. The lowest BCUT2D eigenvalue weighted by molar-refractivity contribution is -0.119. The second-order valence-electron chi connectivity index (χ2n) is 7.57. The molecule has 4 rings (SSSR count). The highest BCUT2D eigenvalue weighted by atomic mass is 35.5. The Hall–Kier alpha value is -4.81. The number of nitrogens with zero attached hydrogens (tertiary/aromatic N) is 2. The lowest BCUT2D eigenvalue weighted by atomic mass is 9.98. The van der Waals surface area contributed by atoms with E-state index in [4.69, 9.17) is 30.2 Å². The van der Waals surface area contributed by atoms with Crippen LogP contribution < -0.4 is 14.8 Å². The first kappa shape index (κ1) is 25.3. The van der Waals surface area contributed by atoms with Gasteiger partial charge in [0.15, 0.2) is 6.61 Å². The zero-order valence-electron chi connectivity index (χ0n) is 19.8. The lowest BCUT2D eigenvalue weighted by Crippen LogP contribution is -2.21. The molecule has 1 amide bonds. The van der Waals surface area contributed by atoms with E-state index < -0.39 is 18.5 Å². The standard InChI is InChI=1S/C27H20ClN3O6/c1-34-19-8-3-16(4-9-19)24-21(13-29)26(37-25(24)17-5-10-20(35-2)11-6-17)31-23(32)15-36-27(33)18-7-12-22(28)30-14-18/h3-12,14H,15H2,1-2H3,(H,31,32). The molecule has 2 aromatic carbocycles. The van der Waals surface area contributed by atoms with Crippen molar-refractivity contribution in [2.75, 3.05) is 26.1 Å². The smallest absolute Gasteiger partial charge is 0.340 e. The van der Waals surface area contributed by atoms with Crippen molar-refractivity contribution in [3.63, 3.8) is 0 Å². The third-order valence-electron chi connectivity index (χ3n) is 5.30. The van der Waals surface area contributed by atoms with Gasteiger partial charge in [-0.25, -0.2) is 9.78 Å². The number of methoxy groups -OCH3 is 2. The van der Waals surface area contributed by atoms with Gasteiger partial charge in [-0.3, -0.25) is 10.1 Å². The Balaban J connectivity index is 1.63. The van der Waals surface area contributed by atoms with Crippen LogP contribution in [-0.4, -0.2) is 37.7 Å². The summed E-state index contributed by atoms with van der Waals surface area (Å²) in [5.41, 5.74) is 2.06. The number of nitrogens with one attached hydrogen (secondary N) is 1. The van der Waals surface area contributed by atoms with E-state index in [-0.39, 0.29) is 22.2 Å². The van der Waals surface area contributed by atoms with Gasteiger partial charge < -0.3 is 18.6 Å². The van der Waals surface area contributed by atoms with Crippen molar-refractivity contribution in [2.45, 2.75) is 0 Å². The maximum Gasteiger partial charge on any atom is 0.340 e. The van der Waals surface area contributed by atoms with Crippen LogP contribution in [0.5, 0.6) is 11.5 Å². The molecule has 37 heavy (non-hydrogen) atoms. The summed E-state index contributed by atoms with van der Waals surface area (Å²) in [6, 6.07) is 19.1. The number of carbonyl (C=O) groups excluding carboxylic acids is 2. The van der Waals surface area contributed by atoms with Crippen LogP contribution in [0.3, 0.4) is 0 Å². The van der Waals surface area contributed by atoms with Crippen molar-refractivity contribution in [3.8, 4) is 40.0 Å². The highest BCUT2D eigenvalue weighted by molar-refractivity contribution is 6.29. The maximum absolute atomic E-state index is 12.6. The molecule has 0 aliphatic heterocycles. The Morgan fingerprint density at radius 1 is 0.973 bits per heavy atom. The molecule has 0 fully saturated rings. The maximum atomic E-state index is 12.6. The predicted molar refractivity (Wildman–Crippen MR) is 136 cm³/mol. The monoisotopic (exact) mass is 517 g/mol. The fourth-order valence-corrected chi connectivity index (χ4v) is 3.59. The summed E-state index contributed by atoms with van der Waals surface area (Å²) >= 11 is 5.72. The molecular weight excluding hydrogens is 498 g/mol. The molecule has 186 valence electrons. The number of ether oxygens (including phenoxy) is 3. The summed E-state index contributed by atoms with van der Waals surface area (Å²) in [6.45, 7) is -0.608. The van der Waals surface area contributed by atoms with Crippen molar-refractivity contribution >= 4 is 29.4 Å². The zero-order valence-corrected chi connectivity index (χ0v) is 20.5. The Bertz CT molecular complexity index is 1460. The van der Waals surface area contributed by atoms with E-state index in [1.807, 2.05) is 0 Å². The number of halogens is 1. The number of rotatable bonds is 8. The number of carbonyl (C=O) groups is 2. The van der Waals surface area contributed by atoms with E-state index in [0.29, 0.717) is 33.9 Å². The molecule has 0 aliphatic carbocycles. The number of amides is 1. The van der Waals surface area contributed by atoms with Crippen LogP contribution in [0.1, 0.15) is 15.9 Å². The number of anilines is 1. The molecule has 1 N–H and O–H groups in total. The molecule has 0 saturated heterocycles. The Morgan fingerprint density at radius 3 is 2.14 bits per heavy atom. The zero-order chi connectivity index (χ0) is 26.4. The fraction of sp³-hybridized carbons (Fsp3) is 0.111.